The van der Waals surface area contributed by atoms with Gasteiger partial charge in [0.15, 0.2) is 0 Å². The van der Waals surface area contributed by atoms with Gasteiger partial charge in [-0.1, -0.05) is 6.07 Å². The van der Waals surface area contributed by atoms with Gasteiger partial charge in [-0.25, -0.2) is 0 Å². The van der Waals surface area contributed by atoms with E-state index < -0.39 is 0 Å². The van der Waals surface area contributed by atoms with Gasteiger partial charge in [-0.2, -0.15) is 0 Å². The lowest BCUT2D eigenvalue weighted by Gasteiger charge is -2.35. The van der Waals surface area contributed by atoms with Crippen LogP contribution in [0.3, 0.4) is 0 Å². The number of pyridine rings is 2. The lowest BCUT2D eigenvalue weighted by Crippen LogP contribution is -2.46. The van der Waals surface area contributed by atoms with Crippen molar-refractivity contribution in [2.24, 2.45) is 5.92 Å². The normalized spacial score (nSPS) is 19.3. The number of nitrogens with zero attached hydrogens (tertiary/aromatic N) is 3. The van der Waals surface area contributed by atoms with Gasteiger partial charge >= 0.3 is 0 Å². The summed E-state index contributed by atoms with van der Waals surface area (Å²) in [5, 5.41) is 3.86. The minimum absolute atomic E-state index is 0.0934. The minimum atomic E-state index is 0.0934. The largest absolute Gasteiger partial charge is 0.338 e. The Hall–Kier alpha value is -2.27. The first-order chi connectivity index (χ1) is 12.7. The maximum absolute atomic E-state index is 12.6. The van der Waals surface area contributed by atoms with Crippen LogP contribution in [0.5, 0.6) is 0 Å². The zero-order valence-electron chi connectivity index (χ0n) is 15.3. The van der Waals surface area contributed by atoms with Gasteiger partial charge in [0, 0.05) is 37.7 Å². The summed E-state index contributed by atoms with van der Waals surface area (Å²) in [6.07, 6.45) is 9.79. The first kappa shape index (κ1) is 17.2. The molecule has 2 aromatic heterocycles. The van der Waals surface area contributed by atoms with Crippen molar-refractivity contribution in [2.75, 3.05) is 13.1 Å². The van der Waals surface area contributed by atoms with E-state index in [4.69, 9.17) is 0 Å². The molecule has 0 spiro atoms. The second kappa shape index (κ2) is 7.54. The Morgan fingerprint density at radius 3 is 2.58 bits per heavy atom. The van der Waals surface area contributed by atoms with E-state index in [2.05, 4.69) is 28.3 Å². The van der Waals surface area contributed by atoms with E-state index in [1.54, 1.807) is 12.4 Å². The van der Waals surface area contributed by atoms with Crippen LogP contribution in [0.1, 0.15) is 53.3 Å². The Labute approximate surface area is 154 Å². The summed E-state index contributed by atoms with van der Waals surface area (Å²) in [7, 11) is 0. The molecule has 0 bridgehead atoms. The Balaban J connectivity index is 1.37. The molecule has 3 heterocycles. The summed E-state index contributed by atoms with van der Waals surface area (Å²) in [6, 6.07) is 8.60. The SMILES string of the molecule is Cc1cccnc1C(NC1CCN(C(=O)c2cccnc2)CC1)C1CC1. The van der Waals surface area contributed by atoms with Gasteiger partial charge < -0.3 is 10.2 Å². The number of hydrogen-bond acceptors (Lipinski definition) is 4. The second-order valence-corrected chi connectivity index (χ2v) is 7.50. The van der Waals surface area contributed by atoms with E-state index in [1.165, 1.54) is 24.1 Å². The molecule has 1 amide bonds. The number of aromatic nitrogens is 2. The van der Waals surface area contributed by atoms with Crippen LogP contribution in [0.4, 0.5) is 0 Å². The summed E-state index contributed by atoms with van der Waals surface area (Å²) >= 11 is 0. The van der Waals surface area contributed by atoms with E-state index >= 15 is 0 Å². The number of piperidine rings is 1. The molecule has 1 unspecified atom stereocenters. The highest BCUT2D eigenvalue weighted by Crippen LogP contribution is 2.41. The zero-order valence-corrected chi connectivity index (χ0v) is 15.3. The van der Waals surface area contributed by atoms with Gasteiger partial charge in [-0.05, 0) is 62.3 Å². The average Bonchev–Trinajstić information content (AvgIpc) is 3.53. The van der Waals surface area contributed by atoms with Crippen molar-refractivity contribution >= 4 is 5.91 Å². The first-order valence-electron chi connectivity index (χ1n) is 9.59. The van der Waals surface area contributed by atoms with E-state index in [0.29, 0.717) is 23.6 Å². The second-order valence-electron chi connectivity index (χ2n) is 7.50. The van der Waals surface area contributed by atoms with Crippen LogP contribution in [0, 0.1) is 12.8 Å². The van der Waals surface area contributed by atoms with Crippen LogP contribution in [0.15, 0.2) is 42.9 Å². The number of rotatable bonds is 5. The number of nitrogens with one attached hydrogen (secondary N) is 1. The molecule has 1 atom stereocenters. The third-order valence-electron chi connectivity index (χ3n) is 5.54. The van der Waals surface area contributed by atoms with Crippen LogP contribution in [0.25, 0.3) is 0 Å². The predicted octanol–water partition coefficient (Wildman–Crippen LogP) is 3.13. The summed E-state index contributed by atoms with van der Waals surface area (Å²) in [6.45, 7) is 3.74. The van der Waals surface area contributed by atoms with Crippen molar-refractivity contribution in [3.63, 3.8) is 0 Å². The number of aryl methyl sites for hydroxylation is 1. The monoisotopic (exact) mass is 350 g/mol. The van der Waals surface area contributed by atoms with Gasteiger partial charge in [-0.15, -0.1) is 0 Å². The van der Waals surface area contributed by atoms with Crippen LogP contribution in [-0.2, 0) is 0 Å². The van der Waals surface area contributed by atoms with Gasteiger partial charge in [0.25, 0.3) is 5.91 Å². The molecule has 2 aromatic rings. The molecular weight excluding hydrogens is 324 g/mol. The smallest absolute Gasteiger partial charge is 0.255 e. The number of hydrogen-bond donors (Lipinski definition) is 1. The molecular formula is C21H26N4O. The molecule has 0 radical (unpaired) electrons. The fraction of sp³-hybridized carbons (Fsp3) is 0.476. The molecule has 1 aliphatic carbocycles. The summed E-state index contributed by atoms with van der Waals surface area (Å²) in [5.74, 6) is 0.800. The summed E-state index contributed by atoms with van der Waals surface area (Å²) < 4.78 is 0. The van der Waals surface area contributed by atoms with Gasteiger partial charge in [0.1, 0.15) is 0 Å². The fourth-order valence-corrected chi connectivity index (χ4v) is 3.87. The maximum Gasteiger partial charge on any atom is 0.255 e. The Kier molecular flexibility index (Phi) is 4.98. The molecule has 2 fully saturated rings. The summed E-state index contributed by atoms with van der Waals surface area (Å²) in [5.41, 5.74) is 3.14. The van der Waals surface area contributed by atoms with Crippen molar-refractivity contribution in [1.82, 2.24) is 20.2 Å². The molecule has 1 saturated heterocycles. The van der Waals surface area contributed by atoms with E-state index in [0.717, 1.165) is 25.9 Å². The molecule has 1 aliphatic heterocycles. The van der Waals surface area contributed by atoms with Gasteiger partial charge in [0.2, 0.25) is 0 Å². The number of likely N-dealkylation sites (tertiary alicyclic amines) is 1. The van der Waals surface area contributed by atoms with Crippen molar-refractivity contribution < 1.29 is 4.79 Å². The van der Waals surface area contributed by atoms with Crippen molar-refractivity contribution in [1.29, 1.82) is 0 Å². The standard InChI is InChI=1S/C21H26N4O/c1-15-4-2-11-23-19(15)20(16-6-7-16)24-18-8-12-25(13-9-18)21(26)17-5-3-10-22-14-17/h2-5,10-11,14,16,18,20,24H,6-9,12-13H2,1H3. The fourth-order valence-electron chi connectivity index (χ4n) is 3.87. The van der Waals surface area contributed by atoms with Crippen molar-refractivity contribution in [3.8, 4) is 0 Å². The molecule has 136 valence electrons. The number of carbonyl (C=O) groups excluding carboxylic acids is 1. The number of amides is 1. The first-order valence-corrected chi connectivity index (χ1v) is 9.59. The molecule has 5 nitrogen and oxygen atoms in total. The topological polar surface area (TPSA) is 58.1 Å². The maximum atomic E-state index is 12.6. The lowest BCUT2D eigenvalue weighted by molar-refractivity contribution is 0.0699. The molecule has 2 aliphatic rings. The van der Waals surface area contributed by atoms with Crippen LogP contribution >= 0.6 is 0 Å². The molecule has 4 rings (SSSR count). The Morgan fingerprint density at radius 2 is 1.92 bits per heavy atom. The minimum Gasteiger partial charge on any atom is -0.338 e. The zero-order chi connectivity index (χ0) is 17.9. The van der Waals surface area contributed by atoms with E-state index in [9.17, 15) is 4.79 Å². The Bertz CT molecular complexity index is 752. The lowest BCUT2D eigenvalue weighted by atomic mass is 9.98. The third kappa shape index (κ3) is 3.78. The predicted molar refractivity (Wildman–Crippen MR) is 101 cm³/mol. The Morgan fingerprint density at radius 1 is 1.15 bits per heavy atom. The van der Waals surface area contributed by atoms with E-state index in [-0.39, 0.29) is 5.91 Å². The highest BCUT2D eigenvalue weighted by molar-refractivity contribution is 5.93. The molecule has 1 saturated carbocycles. The molecule has 0 aromatic carbocycles. The van der Waals surface area contributed by atoms with Crippen LogP contribution < -0.4 is 5.32 Å². The van der Waals surface area contributed by atoms with Crippen LogP contribution in [0.2, 0.25) is 0 Å². The van der Waals surface area contributed by atoms with Crippen molar-refractivity contribution in [2.45, 2.75) is 44.7 Å². The van der Waals surface area contributed by atoms with Gasteiger partial charge in [0.05, 0.1) is 17.3 Å². The van der Waals surface area contributed by atoms with Crippen molar-refractivity contribution in [3.05, 3.63) is 59.7 Å². The third-order valence-corrected chi connectivity index (χ3v) is 5.54. The van der Waals surface area contributed by atoms with Crippen LogP contribution in [-0.4, -0.2) is 39.9 Å². The van der Waals surface area contributed by atoms with Gasteiger partial charge in [-0.3, -0.25) is 14.8 Å². The molecule has 26 heavy (non-hydrogen) atoms. The quantitative estimate of drug-likeness (QED) is 0.900. The van der Waals surface area contributed by atoms with E-state index in [1.807, 2.05) is 29.3 Å². The molecule has 1 N–H and O–H groups in total. The number of carbonyl (C=O) groups is 1. The molecule has 5 heteroatoms. The highest BCUT2D eigenvalue weighted by atomic mass is 16.2. The average molecular weight is 350 g/mol. The summed E-state index contributed by atoms with van der Waals surface area (Å²) in [4.78, 5) is 23.2. The highest BCUT2D eigenvalue weighted by Gasteiger charge is 2.36.